The predicted octanol–water partition coefficient (Wildman–Crippen LogP) is 4.65. The SMILES string of the molecule is [O-][S+](Sc1ccc2ccccc2c1)c1ccccc1. The highest BCUT2D eigenvalue weighted by Crippen LogP contribution is 2.32. The second-order valence-corrected chi connectivity index (χ2v) is 7.13. The van der Waals surface area contributed by atoms with Gasteiger partial charge in [-0.15, -0.1) is 0 Å². The van der Waals surface area contributed by atoms with E-state index in [0.717, 1.165) is 9.79 Å². The summed E-state index contributed by atoms with van der Waals surface area (Å²) >= 11 is 0. The number of hydrogen-bond donors (Lipinski definition) is 0. The summed E-state index contributed by atoms with van der Waals surface area (Å²) in [6.07, 6.45) is 0. The van der Waals surface area contributed by atoms with Gasteiger partial charge in [0, 0.05) is 0 Å². The highest BCUT2D eigenvalue weighted by Gasteiger charge is 2.14. The van der Waals surface area contributed by atoms with Crippen molar-refractivity contribution in [2.45, 2.75) is 9.79 Å². The highest BCUT2D eigenvalue weighted by molar-refractivity contribution is 8.72. The lowest BCUT2D eigenvalue weighted by Gasteiger charge is -2.08. The number of hydrogen-bond acceptors (Lipinski definition) is 2. The van der Waals surface area contributed by atoms with Gasteiger partial charge in [0.15, 0.2) is 4.90 Å². The number of fused-ring (bicyclic) bond motifs is 1. The molecule has 0 amide bonds. The van der Waals surface area contributed by atoms with Crippen molar-refractivity contribution in [1.29, 1.82) is 0 Å². The molecule has 0 radical (unpaired) electrons. The van der Waals surface area contributed by atoms with Crippen molar-refractivity contribution in [2.75, 3.05) is 0 Å². The maximum absolute atomic E-state index is 12.2. The Hall–Kier alpha value is -1.42. The lowest BCUT2D eigenvalue weighted by Crippen LogP contribution is -1.94. The zero-order valence-electron chi connectivity index (χ0n) is 10.2. The zero-order valence-corrected chi connectivity index (χ0v) is 11.8. The first kappa shape index (κ1) is 12.6. The minimum atomic E-state index is -1.06. The van der Waals surface area contributed by atoms with Crippen LogP contribution in [0.2, 0.25) is 0 Å². The molecule has 0 fully saturated rings. The maximum Gasteiger partial charge on any atom is 0.166 e. The van der Waals surface area contributed by atoms with Crippen molar-refractivity contribution in [3.63, 3.8) is 0 Å². The van der Waals surface area contributed by atoms with Crippen LogP contribution >= 0.6 is 10.8 Å². The molecule has 0 aliphatic carbocycles. The Balaban J connectivity index is 1.85. The van der Waals surface area contributed by atoms with E-state index in [1.807, 2.05) is 48.5 Å². The normalized spacial score (nSPS) is 12.5. The van der Waals surface area contributed by atoms with E-state index in [-0.39, 0.29) is 0 Å². The number of rotatable bonds is 3. The molecule has 0 N–H and O–H groups in total. The number of benzene rings is 3. The van der Waals surface area contributed by atoms with E-state index < -0.39 is 10.2 Å². The molecule has 94 valence electrons. The molecule has 3 heteroatoms. The van der Waals surface area contributed by atoms with Crippen LogP contribution in [0.5, 0.6) is 0 Å². The van der Waals surface area contributed by atoms with Gasteiger partial charge in [0.05, 0.1) is 15.1 Å². The fourth-order valence-electron chi connectivity index (χ4n) is 1.89. The molecule has 3 aromatic rings. The van der Waals surface area contributed by atoms with Crippen molar-refractivity contribution in [3.05, 3.63) is 72.8 Å². The Morgan fingerprint density at radius 2 is 1.42 bits per heavy atom. The van der Waals surface area contributed by atoms with Gasteiger partial charge in [0.25, 0.3) is 0 Å². The molecular weight excluding hydrogens is 272 g/mol. The molecule has 1 nitrogen and oxygen atoms in total. The predicted molar refractivity (Wildman–Crippen MR) is 82.7 cm³/mol. The standard InChI is InChI=1S/C16H12OS2/c17-19(16-8-2-1-3-9-16)18-15-11-10-13-6-4-5-7-14(13)12-15/h1-12H. The van der Waals surface area contributed by atoms with E-state index in [4.69, 9.17) is 0 Å². The lowest BCUT2D eigenvalue weighted by molar-refractivity contribution is 0.609. The Kier molecular flexibility index (Phi) is 3.78. The van der Waals surface area contributed by atoms with E-state index in [2.05, 4.69) is 24.3 Å². The monoisotopic (exact) mass is 284 g/mol. The first-order valence-electron chi connectivity index (χ1n) is 5.97. The van der Waals surface area contributed by atoms with Crippen LogP contribution in [-0.2, 0) is 10.2 Å². The van der Waals surface area contributed by atoms with Crippen LogP contribution in [-0.4, -0.2) is 4.55 Å². The van der Waals surface area contributed by atoms with Gasteiger partial charge in [-0.3, -0.25) is 0 Å². The van der Waals surface area contributed by atoms with Crippen LogP contribution in [0.4, 0.5) is 0 Å². The molecule has 3 aromatic carbocycles. The molecule has 0 heterocycles. The van der Waals surface area contributed by atoms with Gasteiger partial charge in [-0.25, -0.2) is 0 Å². The van der Waals surface area contributed by atoms with Gasteiger partial charge in [-0.1, -0.05) is 48.5 Å². The largest absolute Gasteiger partial charge is 0.600 e. The smallest absolute Gasteiger partial charge is 0.166 e. The maximum atomic E-state index is 12.2. The van der Waals surface area contributed by atoms with Crippen molar-refractivity contribution < 1.29 is 4.55 Å². The van der Waals surface area contributed by atoms with Crippen LogP contribution in [0.1, 0.15) is 0 Å². The molecule has 0 saturated heterocycles. The summed E-state index contributed by atoms with van der Waals surface area (Å²) in [6, 6.07) is 23.9. The minimum Gasteiger partial charge on any atom is -0.600 e. The third-order valence-electron chi connectivity index (χ3n) is 2.83. The zero-order chi connectivity index (χ0) is 13.1. The van der Waals surface area contributed by atoms with Crippen molar-refractivity contribution in [1.82, 2.24) is 0 Å². The molecule has 0 saturated carbocycles. The van der Waals surface area contributed by atoms with Crippen LogP contribution in [0, 0.1) is 0 Å². The molecule has 0 bridgehead atoms. The fraction of sp³-hybridized carbons (Fsp3) is 0. The van der Waals surface area contributed by atoms with E-state index in [9.17, 15) is 4.55 Å². The average molecular weight is 284 g/mol. The Labute approximate surface area is 119 Å². The van der Waals surface area contributed by atoms with E-state index >= 15 is 0 Å². The second-order valence-electron chi connectivity index (χ2n) is 4.14. The van der Waals surface area contributed by atoms with Gasteiger partial charge >= 0.3 is 0 Å². The van der Waals surface area contributed by atoms with Crippen molar-refractivity contribution >= 4 is 31.8 Å². The lowest BCUT2D eigenvalue weighted by atomic mass is 10.1. The Morgan fingerprint density at radius 3 is 2.21 bits per heavy atom. The summed E-state index contributed by atoms with van der Waals surface area (Å²) in [4.78, 5) is 1.88. The molecule has 0 spiro atoms. The molecule has 0 aliphatic rings. The summed E-state index contributed by atoms with van der Waals surface area (Å²) in [5, 5.41) is 2.38. The molecule has 0 aromatic heterocycles. The van der Waals surface area contributed by atoms with E-state index in [0.29, 0.717) is 0 Å². The summed E-state index contributed by atoms with van der Waals surface area (Å²) in [5.41, 5.74) is 0. The van der Waals surface area contributed by atoms with Gasteiger partial charge in [-0.2, -0.15) is 0 Å². The summed E-state index contributed by atoms with van der Waals surface area (Å²) < 4.78 is 12.2. The second kappa shape index (κ2) is 5.70. The third kappa shape index (κ3) is 2.95. The van der Waals surface area contributed by atoms with Crippen LogP contribution in [0.3, 0.4) is 0 Å². The first-order chi connectivity index (χ1) is 9.33. The minimum absolute atomic E-state index is 0.848. The van der Waals surface area contributed by atoms with Gasteiger partial charge in [-0.05, 0) is 35.0 Å². The fourth-order valence-corrected chi connectivity index (χ4v) is 4.29. The summed E-state index contributed by atoms with van der Waals surface area (Å²) in [6.45, 7) is 0. The van der Waals surface area contributed by atoms with Crippen LogP contribution in [0.25, 0.3) is 10.8 Å². The topological polar surface area (TPSA) is 23.1 Å². The van der Waals surface area contributed by atoms with Crippen LogP contribution in [0.15, 0.2) is 82.6 Å². The van der Waals surface area contributed by atoms with Gasteiger partial charge < -0.3 is 4.55 Å². The van der Waals surface area contributed by atoms with Crippen LogP contribution < -0.4 is 0 Å². The van der Waals surface area contributed by atoms with Crippen molar-refractivity contribution in [2.24, 2.45) is 0 Å². The van der Waals surface area contributed by atoms with E-state index in [1.165, 1.54) is 21.6 Å². The quantitative estimate of drug-likeness (QED) is 0.516. The van der Waals surface area contributed by atoms with Crippen molar-refractivity contribution in [3.8, 4) is 0 Å². The summed E-state index contributed by atoms with van der Waals surface area (Å²) in [5.74, 6) is 0. The molecular formula is C16H12OS2. The third-order valence-corrected chi connectivity index (χ3v) is 5.69. The highest BCUT2D eigenvalue weighted by atomic mass is 33.1. The first-order valence-corrected chi connectivity index (χ1v) is 8.45. The Morgan fingerprint density at radius 1 is 0.737 bits per heavy atom. The van der Waals surface area contributed by atoms with E-state index in [1.54, 1.807) is 0 Å². The average Bonchev–Trinajstić information content (AvgIpc) is 2.48. The molecule has 1 atom stereocenters. The molecule has 1 unspecified atom stereocenters. The molecule has 0 aliphatic heterocycles. The summed E-state index contributed by atoms with van der Waals surface area (Å²) in [7, 11) is 0.323. The molecule has 19 heavy (non-hydrogen) atoms. The van der Waals surface area contributed by atoms with Gasteiger partial charge in [0.1, 0.15) is 10.8 Å². The Bertz CT molecular complexity index is 682. The van der Waals surface area contributed by atoms with Gasteiger partial charge in [0.2, 0.25) is 0 Å². The molecule has 3 rings (SSSR count).